The largest absolute Gasteiger partial charge is 0.507 e. The average Bonchev–Trinajstić information content (AvgIpc) is 2.35. The lowest BCUT2D eigenvalue weighted by Crippen LogP contribution is -2.44. The van der Waals surface area contributed by atoms with Crippen molar-refractivity contribution in [3.8, 4) is 5.75 Å². The van der Waals surface area contributed by atoms with Crippen molar-refractivity contribution in [1.82, 2.24) is 10.2 Å². The molecule has 1 aliphatic rings. The molecule has 2 N–H and O–H groups in total. The fourth-order valence-corrected chi connectivity index (χ4v) is 2.34. The van der Waals surface area contributed by atoms with Gasteiger partial charge in [0.05, 0.1) is 0 Å². The summed E-state index contributed by atoms with van der Waals surface area (Å²) in [6.45, 7) is 7.34. The van der Waals surface area contributed by atoms with Crippen molar-refractivity contribution < 1.29 is 9.50 Å². The highest BCUT2D eigenvalue weighted by molar-refractivity contribution is 5.85. The van der Waals surface area contributed by atoms with Gasteiger partial charge in [0.1, 0.15) is 11.6 Å². The van der Waals surface area contributed by atoms with E-state index in [2.05, 4.69) is 10.2 Å². The molecule has 1 fully saturated rings. The molecule has 1 aliphatic heterocycles. The second-order valence-corrected chi connectivity index (χ2v) is 4.59. The van der Waals surface area contributed by atoms with Gasteiger partial charge in [-0.3, -0.25) is 4.90 Å². The van der Waals surface area contributed by atoms with Crippen LogP contribution in [0.3, 0.4) is 0 Å². The van der Waals surface area contributed by atoms with Crippen LogP contribution in [0.5, 0.6) is 5.75 Å². The first-order chi connectivity index (χ1) is 8.11. The average molecular weight is 311 g/mol. The van der Waals surface area contributed by atoms with Crippen LogP contribution in [-0.4, -0.2) is 36.2 Å². The maximum absolute atomic E-state index is 13.8. The van der Waals surface area contributed by atoms with Crippen molar-refractivity contribution in [2.75, 3.05) is 26.2 Å². The minimum Gasteiger partial charge on any atom is -0.507 e. The van der Waals surface area contributed by atoms with Crippen LogP contribution in [0.2, 0.25) is 0 Å². The molecule has 110 valence electrons. The van der Waals surface area contributed by atoms with Gasteiger partial charge in [-0.1, -0.05) is 6.07 Å². The van der Waals surface area contributed by atoms with Gasteiger partial charge in [0.25, 0.3) is 0 Å². The van der Waals surface area contributed by atoms with E-state index in [1.165, 1.54) is 6.07 Å². The number of phenolic OH excluding ortho intramolecular Hbond substituents is 1. The number of benzene rings is 1. The van der Waals surface area contributed by atoms with E-state index in [1.54, 1.807) is 13.0 Å². The minimum absolute atomic E-state index is 0. The topological polar surface area (TPSA) is 35.5 Å². The molecule has 0 spiro atoms. The Morgan fingerprint density at radius 3 is 2.42 bits per heavy atom. The first-order valence-corrected chi connectivity index (χ1v) is 6.04. The Morgan fingerprint density at radius 1 is 1.26 bits per heavy atom. The van der Waals surface area contributed by atoms with Crippen LogP contribution < -0.4 is 5.32 Å². The number of aryl methyl sites for hydroxylation is 1. The number of hydrogen-bond acceptors (Lipinski definition) is 3. The van der Waals surface area contributed by atoms with Gasteiger partial charge in [0.2, 0.25) is 0 Å². The van der Waals surface area contributed by atoms with Crippen molar-refractivity contribution in [2.24, 2.45) is 0 Å². The number of halogens is 3. The molecule has 0 unspecified atom stereocenters. The van der Waals surface area contributed by atoms with Gasteiger partial charge < -0.3 is 10.4 Å². The second-order valence-electron chi connectivity index (χ2n) is 4.59. The van der Waals surface area contributed by atoms with Crippen molar-refractivity contribution in [3.05, 3.63) is 29.1 Å². The number of aromatic hydroxyl groups is 1. The number of nitrogens with zero attached hydrogens (tertiary/aromatic N) is 1. The fourth-order valence-electron chi connectivity index (χ4n) is 2.34. The summed E-state index contributed by atoms with van der Waals surface area (Å²) in [4.78, 5) is 2.19. The Bertz CT molecular complexity index is 412. The number of hydrogen-bond donors (Lipinski definition) is 2. The molecule has 0 bridgehead atoms. The molecule has 0 aromatic heterocycles. The van der Waals surface area contributed by atoms with E-state index in [-0.39, 0.29) is 42.4 Å². The van der Waals surface area contributed by atoms with Gasteiger partial charge in [-0.25, -0.2) is 4.39 Å². The van der Waals surface area contributed by atoms with E-state index in [1.807, 2.05) is 6.92 Å². The van der Waals surface area contributed by atoms with Gasteiger partial charge in [-0.05, 0) is 25.5 Å². The van der Waals surface area contributed by atoms with E-state index in [0.29, 0.717) is 5.56 Å². The fraction of sp³-hybridized carbons (Fsp3) is 0.538. The molecule has 3 nitrogen and oxygen atoms in total. The van der Waals surface area contributed by atoms with E-state index >= 15 is 0 Å². The van der Waals surface area contributed by atoms with Crippen LogP contribution in [0.1, 0.15) is 24.1 Å². The number of piperazine rings is 1. The van der Waals surface area contributed by atoms with Crippen LogP contribution >= 0.6 is 24.8 Å². The summed E-state index contributed by atoms with van der Waals surface area (Å²) in [6, 6.07) is 2.96. The van der Waals surface area contributed by atoms with Gasteiger partial charge in [-0.2, -0.15) is 0 Å². The molecule has 1 aromatic carbocycles. The Morgan fingerprint density at radius 2 is 1.84 bits per heavy atom. The minimum atomic E-state index is -0.320. The van der Waals surface area contributed by atoms with Crippen LogP contribution in [0.15, 0.2) is 12.1 Å². The SMILES string of the molecule is Cc1ccc(F)c([C@@H](C)N2CCNCC2)c1O.Cl.Cl. The number of nitrogens with one attached hydrogen (secondary N) is 1. The Labute approximate surface area is 126 Å². The van der Waals surface area contributed by atoms with E-state index < -0.39 is 0 Å². The predicted octanol–water partition coefficient (Wildman–Crippen LogP) is 2.65. The highest BCUT2D eigenvalue weighted by Crippen LogP contribution is 2.33. The van der Waals surface area contributed by atoms with Crippen LogP contribution in [0.4, 0.5) is 4.39 Å². The summed E-state index contributed by atoms with van der Waals surface area (Å²) in [5, 5.41) is 13.3. The van der Waals surface area contributed by atoms with Gasteiger partial charge in [0, 0.05) is 37.8 Å². The summed E-state index contributed by atoms with van der Waals surface area (Å²) < 4.78 is 13.8. The van der Waals surface area contributed by atoms with E-state index in [0.717, 1.165) is 31.7 Å². The second kappa shape index (κ2) is 7.90. The van der Waals surface area contributed by atoms with Gasteiger partial charge in [-0.15, -0.1) is 24.8 Å². The molecule has 2 rings (SSSR count). The van der Waals surface area contributed by atoms with Crippen molar-refractivity contribution >= 4 is 24.8 Å². The lowest BCUT2D eigenvalue weighted by atomic mass is 10.0. The third-order valence-electron chi connectivity index (χ3n) is 3.48. The van der Waals surface area contributed by atoms with Crippen molar-refractivity contribution in [1.29, 1.82) is 0 Å². The molecule has 0 radical (unpaired) electrons. The van der Waals surface area contributed by atoms with E-state index in [9.17, 15) is 9.50 Å². The zero-order valence-electron chi connectivity index (χ0n) is 11.1. The molecule has 0 aliphatic carbocycles. The Balaban J connectivity index is 0.00000162. The smallest absolute Gasteiger partial charge is 0.131 e. The highest BCUT2D eigenvalue weighted by Gasteiger charge is 2.24. The summed E-state index contributed by atoms with van der Waals surface area (Å²) in [6.07, 6.45) is 0. The molecule has 0 amide bonds. The number of phenols is 1. The molecular formula is C13H21Cl2FN2O. The highest BCUT2D eigenvalue weighted by atomic mass is 35.5. The quantitative estimate of drug-likeness (QED) is 0.881. The van der Waals surface area contributed by atoms with Crippen LogP contribution in [0, 0.1) is 12.7 Å². The third kappa shape index (κ3) is 3.96. The summed E-state index contributed by atoms with van der Waals surface area (Å²) in [5.74, 6) is -0.227. The summed E-state index contributed by atoms with van der Waals surface area (Å²) >= 11 is 0. The standard InChI is InChI=1S/C13H19FN2O.2ClH/c1-9-3-4-11(14)12(13(9)17)10(2)16-7-5-15-6-8-16;;/h3-4,10,15,17H,5-8H2,1-2H3;2*1H/t10-;;/m1../s1. The van der Waals surface area contributed by atoms with Gasteiger partial charge in [0.15, 0.2) is 0 Å². The molecule has 6 heteroatoms. The summed E-state index contributed by atoms with van der Waals surface area (Å²) in [5.41, 5.74) is 1.15. The first kappa shape index (κ1) is 18.4. The lowest BCUT2D eigenvalue weighted by molar-refractivity contribution is 0.179. The summed E-state index contributed by atoms with van der Waals surface area (Å²) in [7, 11) is 0. The normalized spacial score (nSPS) is 17.2. The number of rotatable bonds is 2. The lowest BCUT2D eigenvalue weighted by Gasteiger charge is -2.33. The maximum atomic E-state index is 13.8. The predicted molar refractivity (Wildman–Crippen MR) is 80.2 cm³/mol. The van der Waals surface area contributed by atoms with Crippen LogP contribution in [-0.2, 0) is 0 Å². The zero-order chi connectivity index (χ0) is 12.4. The molecule has 19 heavy (non-hydrogen) atoms. The Hall–Kier alpha value is -0.550. The molecule has 1 saturated heterocycles. The monoisotopic (exact) mass is 310 g/mol. The van der Waals surface area contributed by atoms with Gasteiger partial charge >= 0.3 is 0 Å². The molecule has 1 atom stereocenters. The molecule has 0 saturated carbocycles. The molecular weight excluding hydrogens is 290 g/mol. The molecule has 1 aromatic rings. The Kier molecular flexibility index (Phi) is 7.67. The maximum Gasteiger partial charge on any atom is 0.131 e. The first-order valence-electron chi connectivity index (χ1n) is 6.04. The van der Waals surface area contributed by atoms with Crippen molar-refractivity contribution in [2.45, 2.75) is 19.9 Å². The van der Waals surface area contributed by atoms with E-state index in [4.69, 9.17) is 0 Å². The molecule has 1 heterocycles. The third-order valence-corrected chi connectivity index (χ3v) is 3.48. The van der Waals surface area contributed by atoms with Crippen LogP contribution in [0.25, 0.3) is 0 Å². The zero-order valence-corrected chi connectivity index (χ0v) is 12.8. The van der Waals surface area contributed by atoms with Crippen molar-refractivity contribution in [3.63, 3.8) is 0 Å².